The summed E-state index contributed by atoms with van der Waals surface area (Å²) in [5, 5.41) is 2.89. The Morgan fingerprint density at radius 1 is 0.895 bits per heavy atom. The van der Waals surface area contributed by atoms with Crippen LogP contribution in [0.2, 0.25) is 0 Å². The average molecular weight is 513 g/mol. The van der Waals surface area contributed by atoms with E-state index in [9.17, 15) is 14.4 Å². The molecule has 2 aliphatic rings. The number of benzene rings is 3. The second-order valence-corrected chi connectivity index (χ2v) is 9.84. The standard InChI is InChI=1S/C30H32N4O4/c1-23-12-14-24(15-13-23)31-27(35)20-33-22-34(25-8-4-2-5-9-25)30(29(33)37)16-18-32(19-17-30)28(36)21-38-26-10-6-3-7-11-26/h2-15H,16-22H2,1H3,(H,31,35). The molecule has 2 fully saturated rings. The number of ether oxygens (including phenoxy) is 1. The number of hydrogen-bond donors (Lipinski definition) is 1. The number of amides is 3. The van der Waals surface area contributed by atoms with Crippen LogP contribution in [0.4, 0.5) is 11.4 Å². The third-order valence-corrected chi connectivity index (χ3v) is 7.30. The number of carbonyl (C=O) groups excluding carboxylic acids is 3. The minimum atomic E-state index is -0.803. The van der Waals surface area contributed by atoms with E-state index in [-0.39, 0.29) is 30.9 Å². The lowest BCUT2D eigenvalue weighted by molar-refractivity contribution is -0.140. The molecule has 0 bridgehead atoms. The molecule has 3 aromatic rings. The van der Waals surface area contributed by atoms with E-state index in [0.29, 0.717) is 44.0 Å². The fraction of sp³-hybridized carbons (Fsp3) is 0.300. The van der Waals surface area contributed by atoms with Crippen molar-refractivity contribution in [2.24, 2.45) is 0 Å². The highest BCUT2D eigenvalue weighted by Gasteiger charge is 2.54. The summed E-state index contributed by atoms with van der Waals surface area (Å²) in [6.07, 6.45) is 0.960. The molecule has 5 rings (SSSR count). The third-order valence-electron chi connectivity index (χ3n) is 7.30. The van der Waals surface area contributed by atoms with E-state index in [0.717, 1.165) is 11.3 Å². The molecule has 3 aromatic carbocycles. The quantitative estimate of drug-likeness (QED) is 0.522. The minimum absolute atomic E-state index is 0.0364. The van der Waals surface area contributed by atoms with Crippen molar-refractivity contribution in [3.63, 3.8) is 0 Å². The topological polar surface area (TPSA) is 82.2 Å². The number of nitrogens with zero attached hydrogens (tertiary/aromatic N) is 3. The molecule has 2 saturated heterocycles. The summed E-state index contributed by atoms with van der Waals surface area (Å²) in [7, 11) is 0. The van der Waals surface area contributed by atoms with Crippen molar-refractivity contribution < 1.29 is 19.1 Å². The number of rotatable bonds is 7. The lowest BCUT2D eigenvalue weighted by Gasteiger charge is -2.43. The first-order valence-electron chi connectivity index (χ1n) is 12.9. The molecule has 3 amide bonds. The van der Waals surface area contributed by atoms with Crippen LogP contribution in [0.15, 0.2) is 84.9 Å². The summed E-state index contributed by atoms with van der Waals surface area (Å²) in [5.74, 6) is 0.232. The van der Waals surface area contributed by atoms with Crippen LogP contribution in [-0.4, -0.2) is 66.0 Å². The van der Waals surface area contributed by atoms with Crippen LogP contribution in [0.5, 0.6) is 5.75 Å². The molecule has 0 aliphatic carbocycles. The molecule has 196 valence electrons. The van der Waals surface area contributed by atoms with Gasteiger partial charge in [0, 0.05) is 24.5 Å². The summed E-state index contributed by atoms with van der Waals surface area (Å²) in [6.45, 7) is 3.10. The number of piperidine rings is 1. The Morgan fingerprint density at radius 3 is 2.18 bits per heavy atom. The van der Waals surface area contributed by atoms with Gasteiger partial charge in [-0.2, -0.15) is 0 Å². The molecule has 2 heterocycles. The molecular weight excluding hydrogens is 480 g/mol. The molecular formula is C30H32N4O4. The summed E-state index contributed by atoms with van der Waals surface area (Å²) in [5.41, 5.74) is 1.93. The van der Waals surface area contributed by atoms with Crippen molar-refractivity contribution in [1.82, 2.24) is 9.80 Å². The maximum Gasteiger partial charge on any atom is 0.260 e. The summed E-state index contributed by atoms with van der Waals surface area (Å²) >= 11 is 0. The molecule has 0 atom stereocenters. The van der Waals surface area contributed by atoms with Gasteiger partial charge in [0.15, 0.2) is 6.61 Å². The lowest BCUT2D eigenvalue weighted by Crippen LogP contribution is -2.57. The molecule has 0 saturated carbocycles. The average Bonchev–Trinajstić information content (AvgIpc) is 3.20. The Balaban J connectivity index is 1.27. The van der Waals surface area contributed by atoms with Gasteiger partial charge < -0.3 is 24.8 Å². The molecule has 2 aliphatic heterocycles. The van der Waals surface area contributed by atoms with Gasteiger partial charge in [0.2, 0.25) is 5.91 Å². The highest BCUT2D eigenvalue weighted by atomic mass is 16.5. The zero-order valence-electron chi connectivity index (χ0n) is 21.5. The summed E-state index contributed by atoms with van der Waals surface area (Å²) < 4.78 is 5.64. The minimum Gasteiger partial charge on any atom is -0.484 e. The van der Waals surface area contributed by atoms with E-state index in [4.69, 9.17) is 4.74 Å². The first-order valence-corrected chi connectivity index (χ1v) is 12.9. The molecule has 0 aromatic heterocycles. The Labute approximate surface area is 222 Å². The second-order valence-electron chi connectivity index (χ2n) is 9.84. The highest BCUT2D eigenvalue weighted by Crippen LogP contribution is 2.39. The first kappa shape index (κ1) is 25.3. The normalized spacial score (nSPS) is 16.6. The molecule has 1 spiro atoms. The van der Waals surface area contributed by atoms with Gasteiger partial charge in [-0.3, -0.25) is 14.4 Å². The number of nitrogens with one attached hydrogen (secondary N) is 1. The molecule has 0 unspecified atom stereocenters. The fourth-order valence-electron chi connectivity index (χ4n) is 5.21. The predicted octanol–water partition coefficient (Wildman–Crippen LogP) is 3.68. The largest absolute Gasteiger partial charge is 0.484 e. The number of likely N-dealkylation sites (tertiary alicyclic amines) is 1. The van der Waals surface area contributed by atoms with Gasteiger partial charge in [-0.1, -0.05) is 54.1 Å². The van der Waals surface area contributed by atoms with Crippen LogP contribution in [0.1, 0.15) is 18.4 Å². The Kier molecular flexibility index (Phi) is 7.31. The number of anilines is 2. The lowest BCUT2D eigenvalue weighted by atomic mass is 9.85. The summed E-state index contributed by atoms with van der Waals surface area (Å²) in [4.78, 5) is 45.0. The highest BCUT2D eigenvalue weighted by molar-refractivity contribution is 5.99. The van der Waals surface area contributed by atoms with Gasteiger partial charge in [-0.25, -0.2) is 0 Å². The smallest absolute Gasteiger partial charge is 0.260 e. The second kappa shape index (κ2) is 11.0. The zero-order chi connectivity index (χ0) is 26.5. The monoisotopic (exact) mass is 512 g/mol. The SMILES string of the molecule is Cc1ccc(NC(=O)CN2CN(c3ccccc3)C3(CCN(C(=O)COc4ccccc4)CC3)C2=O)cc1. The molecule has 8 heteroatoms. The van der Waals surface area contributed by atoms with Crippen LogP contribution in [-0.2, 0) is 14.4 Å². The molecule has 38 heavy (non-hydrogen) atoms. The van der Waals surface area contributed by atoms with Crippen molar-refractivity contribution in [2.45, 2.75) is 25.3 Å². The Bertz CT molecular complexity index is 1270. The fourth-order valence-corrected chi connectivity index (χ4v) is 5.21. The van der Waals surface area contributed by atoms with E-state index >= 15 is 0 Å². The van der Waals surface area contributed by atoms with E-state index < -0.39 is 5.54 Å². The van der Waals surface area contributed by atoms with Crippen LogP contribution < -0.4 is 15.0 Å². The number of carbonyl (C=O) groups is 3. The summed E-state index contributed by atoms with van der Waals surface area (Å²) in [6, 6.07) is 26.6. The maximum absolute atomic E-state index is 13.9. The van der Waals surface area contributed by atoms with E-state index in [1.807, 2.05) is 91.9 Å². The van der Waals surface area contributed by atoms with Crippen molar-refractivity contribution in [2.75, 3.05) is 43.1 Å². The molecule has 1 N–H and O–H groups in total. The predicted molar refractivity (Wildman–Crippen MR) is 146 cm³/mol. The number of hydrogen-bond acceptors (Lipinski definition) is 5. The van der Waals surface area contributed by atoms with Crippen molar-refractivity contribution >= 4 is 29.1 Å². The van der Waals surface area contributed by atoms with Gasteiger partial charge in [0.05, 0.1) is 6.67 Å². The van der Waals surface area contributed by atoms with E-state index in [2.05, 4.69) is 10.2 Å². The van der Waals surface area contributed by atoms with Crippen molar-refractivity contribution in [1.29, 1.82) is 0 Å². The van der Waals surface area contributed by atoms with Gasteiger partial charge in [-0.05, 0) is 56.2 Å². The van der Waals surface area contributed by atoms with Crippen LogP contribution >= 0.6 is 0 Å². The van der Waals surface area contributed by atoms with Gasteiger partial charge in [0.25, 0.3) is 11.8 Å². The van der Waals surface area contributed by atoms with Crippen molar-refractivity contribution in [3.05, 3.63) is 90.5 Å². The van der Waals surface area contributed by atoms with Crippen LogP contribution in [0, 0.1) is 6.92 Å². The van der Waals surface area contributed by atoms with E-state index in [1.54, 1.807) is 9.80 Å². The zero-order valence-corrected chi connectivity index (χ0v) is 21.5. The Morgan fingerprint density at radius 2 is 1.53 bits per heavy atom. The van der Waals surface area contributed by atoms with E-state index in [1.165, 1.54) is 0 Å². The van der Waals surface area contributed by atoms with Gasteiger partial charge >= 0.3 is 0 Å². The van der Waals surface area contributed by atoms with Crippen LogP contribution in [0.25, 0.3) is 0 Å². The third kappa shape index (κ3) is 5.34. The number of para-hydroxylation sites is 2. The number of aryl methyl sites for hydroxylation is 1. The van der Waals surface area contributed by atoms with Crippen LogP contribution in [0.3, 0.4) is 0 Å². The van der Waals surface area contributed by atoms with Gasteiger partial charge in [-0.15, -0.1) is 0 Å². The first-order chi connectivity index (χ1) is 18.4. The maximum atomic E-state index is 13.9. The van der Waals surface area contributed by atoms with Gasteiger partial charge in [0.1, 0.15) is 17.8 Å². The molecule has 8 nitrogen and oxygen atoms in total. The van der Waals surface area contributed by atoms with Crippen molar-refractivity contribution in [3.8, 4) is 5.75 Å². The molecule has 0 radical (unpaired) electrons. The Hall–Kier alpha value is -4.33.